The molecule has 3 aromatic carbocycles. The van der Waals surface area contributed by atoms with E-state index in [9.17, 15) is 14.7 Å². The molecule has 6 nitrogen and oxygen atoms in total. The number of hydrogen-bond acceptors (Lipinski definition) is 4. The Bertz CT molecular complexity index is 1460. The maximum Gasteiger partial charge on any atom is 0.341 e. The molecule has 1 N–H and O–H groups in total. The highest BCUT2D eigenvalue weighted by Crippen LogP contribution is 2.27. The predicted molar refractivity (Wildman–Crippen MR) is 139 cm³/mol. The monoisotopic (exact) mass is 495 g/mol. The lowest BCUT2D eigenvalue weighted by Gasteiger charge is -2.36. The zero-order chi connectivity index (χ0) is 23.8. The standard InChI is InChI=1S/C27H26FN3O3.ClH/c1-2-30-17-22(27(33)34)26(32)21-14-23(28)25(15-24(21)30)31-12-10-29(11-13-31)16-19-8-5-7-18-6-3-4-9-20(18)19;/h3-9,14-15,17H,2,10-13,16H2,1H3,(H,33,34);1H. The molecule has 5 rings (SSSR count). The van der Waals surface area contributed by atoms with Crippen LogP contribution in [-0.2, 0) is 13.1 Å². The van der Waals surface area contributed by atoms with E-state index in [0.717, 1.165) is 19.6 Å². The molecule has 1 aromatic heterocycles. The average molecular weight is 496 g/mol. The predicted octanol–water partition coefficient (Wildman–Crippen LogP) is 4.76. The van der Waals surface area contributed by atoms with Gasteiger partial charge in [0.15, 0.2) is 0 Å². The van der Waals surface area contributed by atoms with Crippen molar-refractivity contribution in [3.05, 3.63) is 88.0 Å². The molecule has 0 unspecified atom stereocenters. The van der Waals surface area contributed by atoms with E-state index in [1.54, 1.807) is 10.6 Å². The van der Waals surface area contributed by atoms with E-state index >= 15 is 4.39 Å². The zero-order valence-electron chi connectivity index (χ0n) is 19.4. The fourth-order valence-corrected chi connectivity index (χ4v) is 4.87. The minimum Gasteiger partial charge on any atom is -0.477 e. The van der Waals surface area contributed by atoms with Crippen LogP contribution < -0.4 is 10.3 Å². The van der Waals surface area contributed by atoms with E-state index in [1.807, 2.05) is 17.9 Å². The van der Waals surface area contributed by atoms with Crippen molar-refractivity contribution < 1.29 is 14.3 Å². The summed E-state index contributed by atoms with van der Waals surface area (Å²) in [5, 5.41) is 11.9. The Balaban J connectivity index is 0.00000289. The van der Waals surface area contributed by atoms with E-state index in [4.69, 9.17) is 0 Å². The maximum atomic E-state index is 15.1. The topological polar surface area (TPSA) is 65.8 Å². The molecule has 2 heterocycles. The lowest BCUT2D eigenvalue weighted by atomic mass is 10.0. The third-order valence-corrected chi connectivity index (χ3v) is 6.71. The van der Waals surface area contributed by atoms with Crippen molar-refractivity contribution in [1.82, 2.24) is 9.47 Å². The first-order valence-corrected chi connectivity index (χ1v) is 11.5. The van der Waals surface area contributed by atoms with Gasteiger partial charge in [0.1, 0.15) is 11.4 Å². The molecule has 0 amide bonds. The number of piperazine rings is 1. The molecular formula is C27H27ClFN3O3. The van der Waals surface area contributed by atoms with Crippen LogP contribution in [0.4, 0.5) is 10.1 Å². The van der Waals surface area contributed by atoms with Crippen molar-refractivity contribution in [2.75, 3.05) is 31.1 Å². The summed E-state index contributed by atoms with van der Waals surface area (Å²) in [6.45, 7) is 6.08. The zero-order valence-corrected chi connectivity index (χ0v) is 20.2. The normalized spacial score (nSPS) is 14.3. The Labute approximate surface area is 208 Å². The maximum absolute atomic E-state index is 15.1. The molecule has 8 heteroatoms. The van der Waals surface area contributed by atoms with E-state index in [2.05, 4.69) is 41.3 Å². The van der Waals surface area contributed by atoms with E-state index < -0.39 is 17.2 Å². The Morgan fingerprint density at radius 1 is 1.00 bits per heavy atom. The van der Waals surface area contributed by atoms with Crippen molar-refractivity contribution in [3.8, 4) is 0 Å². The number of carboxylic acid groups (broad SMARTS) is 1. The van der Waals surface area contributed by atoms with Crippen molar-refractivity contribution in [2.24, 2.45) is 0 Å². The van der Waals surface area contributed by atoms with Gasteiger partial charge >= 0.3 is 5.97 Å². The fraction of sp³-hybridized carbons (Fsp3) is 0.259. The van der Waals surface area contributed by atoms with E-state index in [0.29, 0.717) is 30.8 Å². The van der Waals surface area contributed by atoms with Crippen LogP contribution in [0.3, 0.4) is 0 Å². The third kappa shape index (κ3) is 4.61. The molecule has 0 saturated carbocycles. The van der Waals surface area contributed by atoms with Gasteiger partial charge in [-0.15, -0.1) is 12.4 Å². The summed E-state index contributed by atoms with van der Waals surface area (Å²) < 4.78 is 16.8. The van der Waals surface area contributed by atoms with Gasteiger partial charge in [0, 0.05) is 50.9 Å². The molecule has 182 valence electrons. The minimum absolute atomic E-state index is 0. The van der Waals surface area contributed by atoms with Gasteiger partial charge in [-0.25, -0.2) is 9.18 Å². The molecule has 1 aliphatic rings. The van der Waals surface area contributed by atoms with E-state index in [1.165, 1.54) is 28.6 Å². The molecule has 0 aliphatic carbocycles. The number of aryl methyl sites for hydroxylation is 1. The second kappa shape index (κ2) is 10.1. The van der Waals surface area contributed by atoms with Crippen LogP contribution in [0.2, 0.25) is 0 Å². The number of aromatic carboxylic acids is 1. The molecule has 1 fully saturated rings. The Hall–Kier alpha value is -3.42. The number of anilines is 1. The first-order chi connectivity index (χ1) is 16.5. The van der Waals surface area contributed by atoms with Crippen LogP contribution in [0, 0.1) is 5.82 Å². The summed E-state index contributed by atoms with van der Waals surface area (Å²) in [4.78, 5) is 28.4. The second-order valence-corrected chi connectivity index (χ2v) is 8.69. The van der Waals surface area contributed by atoms with Gasteiger partial charge in [-0.2, -0.15) is 0 Å². The number of halogens is 2. The molecule has 1 aliphatic heterocycles. The average Bonchev–Trinajstić information content (AvgIpc) is 2.85. The number of fused-ring (bicyclic) bond motifs is 2. The molecule has 0 atom stereocenters. The Morgan fingerprint density at radius 2 is 1.71 bits per heavy atom. The summed E-state index contributed by atoms with van der Waals surface area (Å²) >= 11 is 0. The van der Waals surface area contributed by atoms with Gasteiger partial charge in [-0.1, -0.05) is 42.5 Å². The first-order valence-electron chi connectivity index (χ1n) is 11.5. The molecule has 0 bridgehead atoms. The number of pyridine rings is 1. The van der Waals surface area contributed by atoms with Gasteiger partial charge in [0.25, 0.3) is 0 Å². The lowest BCUT2D eigenvalue weighted by Crippen LogP contribution is -2.46. The number of nitrogens with zero attached hydrogens (tertiary/aromatic N) is 3. The van der Waals surface area contributed by atoms with Crippen LogP contribution in [0.25, 0.3) is 21.7 Å². The molecule has 4 aromatic rings. The first kappa shape index (κ1) is 24.7. The second-order valence-electron chi connectivity index (χ2n) is 8.69. The van der Waals surface area contributed by atoms with Crippen LogP contribution in [-0.4, -0.2) is 46.7 Å². The largest absolute Gasteiger partial charge is 0.477 e. The molecule has 0 radical (unpaired) electrons. The molecular weight excluding hydrogens is 469 g/mol. The molecule has 0 spiro atoms. The third-order valence-electron chi connectivity index (χ3n) is 6.71. The summed E-state index contributed by atoms with van der Waals surface area (Å²) in [5.41, 5.74) is 1.28. The SMILES string of the molecule is CCn1cc(C(=O)O)c(=O)c2cc(F)c(N3CCN(Cc4cccc5ccccc45)CC3)cc21.Cl. The van der Waals surface area contributed by atoms with Crippen LogP contribution in [0.15, 0.2) is 65.6 Å². The highest BCUT2D eigenvalue weighted by atomic mass is 35.5. The number of aromatic nitrogens is 1. The number of carboxylic acids is 1. The quantitative estimate of drug-likeness (QED) is 0.432. The minimum atomic E-state index is -1.30. The van der Waals surface area contributed by atoms with Gasteiger partial charge in [-0.3, -0.25) is 9.69 Å². The van der Waals surface area contributed by atoms with Gasteiger partial charge < -0.3 is 14.6 Å². The van der Waals surface area contributed by atoms with Crippen LogP contribution in [0.5, 0.6) is 0 Å². The van der Waals surface area contributed by atoms with Crippen LogP contribution in [0.1, 0.15) is 22.8 Å². The van der Waals surface area contributed by atoms with Crippen molar-refractivity contribution in [2.45, 2.75) is 20.0 Å². The lowest BCUT2D eigenvalue weighted by molar-refractivity contribution is 0.0695. The molecule has 1 saturated heterocycles. The molecule has 35 heavy (non-hydrogen) atoms. The summed E-state index contributed by atoms with van der Waals surface area (Å²) in [5.74, 6) is -1.81. The van der Waals surface area contributed by atoms with Crippen molar-refractivity contribution in [1.29, 1.82) is 0 Å². The number of rotatable bonds is 5. The van der Waals surface area contributed by atoms with Crippen molar-refractivity contribution >= 4 is 45.7 Å². The Kier molecular flexibility index (Phi) is 7.10. The van der Waals surface area contributed by atoms with Crippen molar-refractivity contribution in [3.63, 3.8) is 0 Å². The number of carbonyl (C=O) groups is 1. The van der Waals surface area contributed by atoms with Gasteiger partial charge in [0.2, 0.25) is 5.43 Å². The smallest absolute Gasteiger partial charge is 0.341 e. The highest BCUT2D eigenvalue weighted by molar-refractivity contribution is 5.93. The van der Waals surface area contributed by atoms with Gasteiger partial charge in [0.05, 0.1) is 11.2 Å². The summed E-state index contributed by atoms with van der Waals surface area (Å²) in [6, 6.07) is 17.6. The number of benzene rings is 3. The van der Waals surface area contributed by atoms with Gasteiger partial charge in [-0.05, 0) is 35.4 Å². The van der Waals surface area contributed by atoms with E-state index in [-0.39, 0.29) is 23.4 Å². The summed E-state index contributed by atoms with van der Waals surface area (Å²) in [6.07, 6.45) is 1.34. The van der Waals surface area contributed by atoms with Crippen LogP contribution >= 0.6 is 12.4 Å². The fourth-order valence-electron chi connectivity index (χ4n) is 4.87. The summed E-state index contributed by atoms with van der Waals surface area (Å²) in [7, 11) is 0. The Morgan fingerprint density at radius 3 is 2.43 bits per heavy atom. The number of hydrogen-bond donors (Lipinski definition) is 1. The highest BCUT2D eigenvalue weighted by Gasteiger charge is 2.23.